The molecule has 0 aliphatic heterocycles. The van der Waals surface area contributed by atoms with Crippen molar-refractivity contribution in [2.75, 3.05) is 7.11 Å². The normalized spacial score (nSPS) is 18.9. The number of hydrogen-bond donors (Lipinski definition) is 2. The molecular formula is C27H30FN3O4S. The standard InChI is InChI=1S/C27H30FN3O4S/c1-18(19-6-10-22(28)11-7-19)30-27(32)20-8-12-23(13-9-20)31-36(33,34)25-14-15-26(29-17-25)21-4-3-5-24(16-21)35-2/h3-7,10-11,14-18,20,23,31H,8-9,12-13H2,1-2H3,(H,30,32)/t18-,20?,23?/m1/s1. The fourth-order valence-electron chi connectivity index (χ4n) is 4.42. The molecule has 3 aromatic rings. The number of hydrogen-bond acceptors (Lipinski definition) is 5. The van der Waals surface area contributed by atoms with Gasteiger partial charge in [0.25, 0.3) is 0 Å². The van der Waals surface area contributed by atoms with Crippen LogP contribution in [0, 0.1) is 11.7 Å². The first-order valence-corrected chi connectivity index (χ1v) is 13.4. The van der Waals surface area contributed by atoms with E-state index in [2.05, 4.69) is 15.0 Å². The Bertz CT molecular complexity index is 1290. The lowest BCUT2D eigenvalue weighted by Crippen LogP contribution is -2.41. The first kappa shape index (κ1) is 25.8. The number of carbonyl (C=O) groups is 1. The monoisotopic (exact) mass is 511 g/mol. The Morgan fingerprint density at radius 3 is 2.42 bits per heavy atom. The highest BCUT2D eigenvalue weighted by Crippen LogP contribution is 2.27. The van der Waals surface area contributed by atoms with E-state index >= 15 is 0 Å². The van der Waals surface area contributed by atoms with Crippen molar-refractivity contribution < 1.29 is 22.3 Å². The maximum atomic E-state index is 13.1. The predicted molar refractivity (Wildman–Crippen MR) is 135 cm³/mol. The van der Waals surface area contributed by atoms with Crippen LogP contribution in [0.15, 0.2) is 71.8 Å². The van der Waals surface area contributed by atoms with Crippen LogP contribution in [-0.2, 0) is 14.8 Å². The third-order valence-corrected chi connectivity index (χ3v) is 8.07. The van der Waals surface area contributed by atoms with Crippen LogP contribution in [0.4, 0.5) is 4.39 Å². The molecule has 36 heavy (non-hydrogen) atoms. The van der Waals surface area contributed by atoms with Crippen LogP contribution >= 0.6 is 0 Å². The van der Waals surface area contributed by atoms with Crippen LogP contribution in [-0.4, -0.2) is 32.5 Å². The molecule has 1 amide bonds. The van der Waals surface area contributed by atoms with Crippen molar-refractivity contribution >= 4 is 15.9 Å². The van der Waals surface area contributed by atoms with Crippen LogP contribution in [0.5, 0.6) is 5.75 Å². The molecule has 2 N–H and O–H groups in total. The van der Waals surface area contributed by atoms with Gasteiger partial charge in [-0.25, -0.2) is 17.5 Å². The van der Waals surface area contributed by atoms with E-state index in [1.807, 2.05) is 31.2 Å². The molecule has 1 aliphatic carbocycles. The molecule has 1 aliphatic rings. The van der Waals surface area contributed by atoms with E-state index in [1.54, 1.807) is 31.4 Å². The summed E-state index contributed by atoms with van der Waals surface area (Å²) < 4.78 is 47.0. The minimum Gasteiger partial charge on any atom is -0.497 e. The summed E-state index contributed by atoms with van der Waals surface area (Å²) in [7, 11) is -2.15. The van der Waals surface area contributed by atoms with Crippen molar-refractivity contribution in [2.24, 2.45) is 5.92 Å². The molecule has 0 unspecified atom stereocenters. The van der Waals surface area contributed by atoms with Gasteiger partial charge in [0, 0.05) is 23.7 Å². The van der Waals surface area contributed by atoms with Crippen molar-refractivity contribution in [3.05, 3.63) is 78.2 Å². The third kappa shape index (κ3) is 6.27. The van der Waals surface area contributed by atoms with Crippen LogP contribution in [0.1, 0.15) is 44.2 Å². The van der Waals surface area contributed by atoms with Crippen LogP contribution in [0.3, 0.4) is 0 Å². The number of methoxy groups -OCH3 is 1. The molecule has 1 aromatic heterocycles. The number of halogens is 1. The van der Waals surface area contributed by atoms with Crippen molar-refractivity contribution in [3.8, 4) is 17.0 Å². The number of rotatable bonds is 8. The third-order valence-electron chi connectivity index (χ3n) is 6.56. The molecule has 0 saturated heterocycles. The largest absolute Gasteiger partial charge is 0.497 e. The van der Waals surface area contributed by atoms with Gasteiger partial charge < -0.3 is 10.1 Å². The number of ether oxygens (including phenoxy) is 1. The second kappa shape index (κ2) is 11.2. The number of aromatic nitrogens is 1. The van der Waals surface area contributed by atoms with Gasteiger partial charge in [-0.1, -0.05) is 24.3 Å². The summed E-state index contributed by atoms with van der Waals surface area (Å²) in [6.45, 7) is 1.86. The maximum absolute atomic E-state index is 13.1. The SMILES string of the molecule is COc1cccc(-c2ccc(S(=O)(=O)NC3CCC(C(=O)N[C@H](C)c4ccc(F)cc4)CC3)cn2)c1. The molecule has 4 rings (SSSR count). The summed E-state index contributed by atoms with van der Waals surface area (Å²) in [5, 5.41) is 2.98. The van der Waals surface area contributed by atoms with E-state index in [-0.39, 0.29) is 34.6 Å². The molecule has 7 nitrogen and oxygen atoms in total. The summed E-state index contributed by atoms with van der Waals surface area (Å²) in [6, 6.07) is 16.2. The van der Waals surface area contributed by atoms with Crippen molar-refractivity contribution in [1.82, 2.24) is 15.0 Å². The highest BCUT2D eigenvalue weighted by atomic mass is 32.2. The average molecular weight is 512 g/mol. The molecule has 0 bridgehead atoms. The Hall–Kier alpha value is -3.30. The topological polar surface area (TPSA) is 97.4 Å². The number of carbonyl (C=O) groups excluding carboxylic acids is 1. The molecule has 1 heterocycles. The lowest BCUT2D eigenvalue weighted by Gasteiger charge is -2.29. The summed E-state index contributed by atoms with van der Waals surface area (Å²) >= 11 is 0. The van der Waals surface area contributed by atoms with Gasteiger partial charge in [-0.05, 0) is 74.6 Å². The van der Waals surface area contributed by atoms with Crippen LogP contribution < -0.4 is 14.8 Å². The number of sulfonamides is 1. The molecule has 2 aromatic carbocycles. The molecular weight excluding hydrogens is 481 g/mol. The number of benzene rings is 2. The van der Waals surface area contributed by atoms with E-state index in [1.165, 1.54) is 18.3 Å². The van der Waals surface area contributed by atoms with Gasteiger partial charge in [-0.2, -0.15) is 0 Å². The molecule has 190 valence electrons. The highest BCUT2D eigenvalue weighted by molar-refractivity contribution is 7.89. The van der Waals surface area contributed by atoms with Gasteiger partial charge in [-0.3, -0.25) is 9.78 Å². The number of nitrogens with zero attached hydrogens (tertiary/aromatic N) is 1. The fraction of sp³-hybridized carbons (Fsp3) is 0.333. The molecule has 1 saturated carbocycles. The zero-order valence-corrected chi connectivity index (χ0v) is 21.1. The van der Waals surface area contributed by atoms with Gasteiger partial charge in [0.05, 0.1) is 18.8 Å². The summed E-state index contributed by atoms with van der Waals surface area (Å²) in [4.78, 5) is 17.1. The van der Waals surface area contributed by atoms with E-state index < -0.39 is 10.0 Å². The highest BCUT2D eigenvalue weighted by Gasteiger charge is 2.30. The smallest absolute Gasteiger partial charge is 0.242 e. The zero-order chi connectivity index (χ0) is 25.7. The second-order valence-corrected chi connectivity index (χ2v) is 10.8. The minimum atomic E-state index is -3.74. The molecule has 9 heteroatoms. The van der Waals surface area contributed by atoms with E-state index in [0.717, 1.165) is 11.1 Å². The van der Waals surface area contributed by atoms with E-state index in [0.29, 0.717) is 37.1 Å². The first-order chi connectivity index (χ1) is 17.2. The maximum Gasteiger partial charge on any atom is 0.242 e. The van der Waals surface area contributed by atoms with Gasteiger partial charge >= 0.3 is 0 Å². The Labute approximate surface area is 211 Å². The quantitative estimate of drug-likeness (QED) is 0.460. The Morgan fingerprint density at radius 1 is 1.06 bits per heavy atom. The Balaban J connectivity index is 1.31. The molecule has 1 atom stereocenters. The molecule has 0 spiro atoms. The number of nitrogens with one attached hydrogen (secondary N) is 2. The van der Waals surface area contributed by atoms with Crippen LogP contribution in [0.25, 0.3) is 11.3 Å². The average Bonchev–Trinajstić information content (AvgIpc) is 2.89. The summed E-state index contributed by atoms with van der Waals surface area (Å²) in [6.07, 6.45) is 3.66. The lowest BCUT2D eigenvalue weighted by atomic mass is 9.85. The van der Waals surface area contributed by atoms with Crippen molar-refractivity contribution in [3.63, 3.8) is 0 Å². The number of pyridine rings is 1. The predicted octanol–water partition coefficient (Wildman–Crippen LogP) is 4.61. The Morgan fingerprint density at radius 2 is 1.78 bits per heavy atom. The zero-order valence-electron chi connectivity index (χ0n) is 20.3. The van der Waals surface area contributed by atoms with Crippen molar-refractivity contribution in [1.29, 1.82) is 0 Å². The van der Waals surface area contributed by atoms with E-state index in [9.17, 15) is 17.6 Å². The van der Waals surface area contributed by atoms with Gasteiger partial charge in [0.2, 0.25) is 15.9 Å². The lowest BCUT2D eigenvalue weighted by molar-refractivity contribution is -0.126. The van der Waals surface area contributed by atoms with Crippen LogP contribution in [0.2, 0.25) is 0 Å². The van der Waals surface area contributed by atoms with E-state index in [4.69, 9.17) is 4.74 Å². The number of amides is 1. The molecule has 0 radical (unpaired) electrons. The van der Waals surface area contributed by atoms with Gasteiger partial charge in [0.1, 0.15) is 16.5 Å². The fourth-order valence-corrected chi connectivity index (χ4v) is 5.67. The second-order valence-electron chi connectivity index (χ2n) is 9.06. The summed E-state index contributed by atoms with van der Waals surface area (Å²) in [5.41, 5.74) is 2.31. The van der Waals surface area contributed by atoms with Crippen molar-refractivity contribution in [2.45, 2.75) is 49.6 Å². The molecule has 1 fully saturated rings. The summed E-state index contributed by atoms with van der Waals surface area (Å²) in [5.74, 6) is 0.131. The van der Waals surface area contributed by atoms with Gasteiger partial charge in [0.15, 0.2) is 0 Å². The minimum absolute atomic E-state index is 0.0644. The first-order valence-electron chi connectivity index (χ1n) is 11.9. The van der Waals surface area contributed by atoms with Gasteiger partial charge in [-0.15, -0.1) is 0 Å². The Kier molecular flexibility index (Phi) is 8.01.